The molecule has 1 N–H and O–H groups in total. The van der Waals surface area contributed by atoms with Gasteiger partial charge in [0, 0.05) is 17.1 Å². The van der Waals surface area contributed by atoms with Gasteiger partial charge in [-0.3, -0.25) is 0 Å². The summed E-state index contributed by atoms with van der Waals surface area (Å²) in [6.45, 7) is 0. The van der Waals surface area contributed by atoms with E-state index in [4.69, 9.17) is 9.47 Å². The van der Waals surface area contributed by atoms with Crippen LogP contribution in [0.2, 0.25) is 0 Å². The number of nitrogens with zero attached hydrogens (tertiary/aromatic N) is 2. The molecule has 0 spiro atoms. The van der Waals surface area contributed by atoms with Crippen molar-refractivity contribution >= 4 is 28.6 Å². The van der Waals surface area contributed by atoms with Gasteiger partial charge in [-0.05, 0) is 24.3 Å². The Morgan fingerprint density at radius 1 is 1.21 bits per heavy atom. The summed E-state index contributed by atoms with van der Waals surface area (Å²) in [6.07, 6.45) is 1.54. The Morgan fingerprint density at radius 3 is 2.79 bits per heavy atom. The van der Waals surface area contributed by atoms with Crippen LogP contribution in [0.5, 0.6) is 5.75 Å². The Hall–Kier alpha value is -3.63. The van der Waals surface area contributed by atoms with Crippen LogP contribution < -0.4 is 10.1 Å². The van der Waals surface area contributed by atoms with Crippen LogP contribution in [0, 0.1) is 11.3 Å². The van der Waals surface area contributed by atoms with Crippen molar-refractivity contribution in [1.82, 2.24) is 4.98 Å². The summed E-state index contributed by atoms with van der Waals surface area (Å²) in [6, 6.07) is 16.6. The van der Waals surface area contributed by atoms with Crippen molar-refractivity contribution in [3.8, 4) is 23.1 Å². The number of benzene rings is 2. The highest BCUT2D eigenvalue weighted by Crippen LogP contribution is 2.28. The van der Waals surface area contributed by atoms with Gasteiger partial charge in [0.1, 0.15) is 22.4 Å². The molecule has 3 aromatic rings. The van der Waals surface area contributed by atoms with Gasteiger partial charge in [0.15, 0.2) is 0 Å². The number of ether oxygens (including phenoxy) is 2. The molecule has 0 saturated carbocycles. The Balaban J connectivity index is 1.86. The Kier molecular flexibility index (Phi) is 6.04. The zero-order chi connectivity index (χ0) is 19.9. The summed E-state index contributed by atoms with van der Waals surface area (Å²) in [4.78, 5) is 16.4. The number of carbonyl (C=O) groups is 1. The van der Waals surface area contributed by atoms with Crippen molar-refractivity contribution < 1.29 is 14.3 Å². The maximum Gasteiger partial charge on any atom is 0.339 e. The lowest BCUT2D eigenvalue weighted by atomic mass is 10.1. The largest absolute Gasteiger partial charge is 0.497 e. The second kappa shape index (κ2) is 8.84. The number of hydrogen-bond donors (Lipinski definition) is 1. The highest BCUT2D eigenvalue weighted by atomic mass is 32.1. The van der Waals surface area contributed by atoms with E-state index < -0.39 is 5.97 Å². The van der Waals surface area contributed by atoms with E-state index in [2.05, 4.69) is 16.4 Å². The quantitative estimate of drug-likeness (QED) is 0.489. The molecule has 0 fully saturated rings. The van der Waals surface area contributed by atoms with E-state index in [1.54, 1.807) is 31.4 Å². The Bertz CT molecular complexity index is 1070. The molecule has 0 aliphatic carbocycles. The molecule has 0 saturated heterocycles. The van der Waals surface area contributed by atoms with Gasteiger partial charge in [-0.25, -0.2) is 9.78 Å². The SMILES string of the molecule is COC(=O)c1ccccc1NC=C(C#N)c1nc(-c2cccc(OC)c2)cs1. The van der Waals surface area contributed by atoms with E-state index in [0.29, 0.717) is 21.8 Å². The third kappa shape index (κ3) is 4.19. The fourth-order valence-corrected chi connectivity index (χ4v) is 3.30. The zero-order valence-corrected chi connectivity index (χ0v) is 16.1. The Morgan fingerprint density at radius 2 is 2.04 bits per heavy atom. The minimum Gasteiger partial charge on any atom is -0.497 e. The highest BCUT2D eigenvalue weighted by Gasteiger charge is 2.12. The summed E-state index contributed by atoms with van der Waals surface area (Å²) in [5.74, 6) is 0.286. The molecule has 0 amide bonds. The number of esters is 1. The van der Waals surface area contributed by atoms with E-state index in [1.807, 2.05) is 29.6 Å². The van der Waals surface area contributed by atoms with Gasteiger partial charge in [0.2, 0.25) is 0 Å². The van der Waals surface area contributed by atoms with Crippen LogP contribution in [0.1, 0.15) is 15.4 Å². The van der Waals surface area contributed by atoms with Gasteiger partial charge in [0.05, 0.1) is 31.2 Å². The second-order valence-corrected chi connectivity index (χ2v) is 6.48. The topological polar surface area (TPSA) is 84.2 Å². The first-order chi connectivity index (χ1) is 13.7. The lowest BCUT2D eigenvalue weighted by Crippen LogP contribution is -2.05. The number of nitrogens with one attached hydrogen (secondary N) is 1. The lowest BCUT2D eigenvalue weighted by molar-refractivity contribution is 0.0602. The molecule has 7 heteroatoms. The summed E-state index contributed by atoms with van der Waals surface area (Å²) in [5, 5.41) is 15.0. The number of para-hydroxylation sites is 1. The first-order valence-electron chi connectivity index (χ1n) is 8.30. The maximum absolute atomic E-state index is 11.9. The van der Waals surface area contributed by atoms with Crippen LogP contribution in [0.15, 0.2) is 60.1 Å². The molecule has 0 atom stereocenters. The average Bonchev–Trinajstić information content (AvgIpc) is 3.24. The predicted molar refractivity (Wildman–Crippen MR) is 109 cm³/mol. The molecule has 1 aromatic heterocycles. The first kappa shape index (κ1) is 19.1. The van der Waals surface area contributed by atoms with Crippen LogP contribution in [-0.4, -0.2) is 25.2 Å². The smallest absolute Gasteiger partial charge is 0.339 e. The van der Waals surface area contributed by atoms with Gasteiger partial charge < -0.3 is 14.8 Å². The fourth-order valence-electron chi connectivity index (χ4n) is 2.50. The van der Waals surface area contributed by atoms with Crippen molar-refractivity contribution in [1.29, 1.82) is 5.26 Å². The van der Waals surface area contributed by atoms with Gasteiger partial charge in [-0.2, -0.15) is 5.26 Å². The molecule has 0 aliphatic rings. The monoisotopic (exact) mass is 391 g/mol. The number of methoxy groups -OCH3 is 2. The number of nitriles is 1. The normalized spacial score (nSPS) is 10.8. The van der Waals surface area contributed by atoms with E-state index >= 15 is 0 Å². The number of hydrogen-bond acceptors (Lipinski definition) is 7. The first-order valence-corrected chi connectivity index (χ1v) is 9.18. The summed E-state index contributed by atoms with van der Waals surface area (Å²) in [5.41, 5.74) is 2.96. The summed E-state index contributed by atoms with van der Waals surface area (Å²) in [7, 11) is 2.94. The molecule has 0 bridgehead atoms. The van der Waals surface area contributed by atoms with Crippen molar-refractivity contribution in [2.24, 2.45) is 0 Å². The van der Waals surface area contributed by atoms with E-state index in [9.17, 15) is 10.1 Å². The Labute approximate surface area is 166 Å². The molecule has 6 nitrogen and oxygen atoms in total. The van der Waals surface area contributed by atoms with Crippen LogP contribution in [-0.2, 0) is 4.74 Å². The number of rotatable bonds is 6. The zero-order valence-electron chi connectivity index (χ0n) is 15.3. The van der Waals surface area contributed by atoms with E-state index in [1.165, 1.54) is 24.6 Å². The number of carbonyl (C=O) groups excluding carboxylic acids is 1. The lowest BCUT2D eigenvalue weighted by Gasteiger charge is -2.07. The van der Waals surface area contributed by atoms with Crippen LogP contribution >= 0.6 is 11.3 Å². The molecule has 0 aliphatic heterocycles. The van der Waals surface area contributed by atoms with Crippen molar-refractivity contribution in [2.75, 3.05) is 19.5 Å². The van der Waals surface area contributed by atoms with E-state index in [-0.39, 0.29) is 0 Å². The van der Waals surface area contributed by atoms with Crippen molar-refractivity contribution in [3.05, 3.63) is 70.7 Å². The molecule has 28 heavy (non-hydrogen) atoms. The van der Waals surface area contributed by atoms with Gasteiger partial charge in [-0.1, -0.05) is 24.3 Å². The minimum atomic E-state index is -0.454. The maximum atomic E-state index is 11.9. The van der Waals surface area contributed by atoms with Crippen LogP contribution in [0.3, 0.4) is 0 Å². The molecule has 2 aromatic carbocycles. The number of thiazole rings is 1. The minimum absolute atomic E-state index is 0.360. The number of aromatic nitrogens is 1. The highest BCUT2D eigenvalue weighted by molar-refractivity contribution is 7.11. The average molecular weight is 391 g/mol. The van der Waals surface area contributed by atoms with E-state index in [0.717, 1.165) is 17.0 Å². The second-order valence-electron chi connectivity index (χ2n) is 5.62. The third-order valence-corrected chi connectivity index (χ3v) is 4.80. The van der Waals surface area contributed by atoms with Crippen molar-refractivity contribution in [3.63, 3.8) is 0 Å². The molecule has 1 heterocycles. The summed E-state index contributed by atoms with van der Waals surface area (Å²) >= 11 is 1.37. The van der Waals surface area contributed by atoms with Crippen LogP contribution in [0.4, 0.5) is 5.69 Å². The van der Waals surface area contributed by atoms with Gasteiger partial charge in [0.25, 0.3) is 0 Å². The van der Waals surface area contributed by atoms with Crippen LogP contribution in [0.25, 0.3) is 16.8 Å². The molecule has 0 radical (unpaired) electrons. The van der Waals surface area contributed by atoms with Crippen molar-refractivity contribution in [2.45, 2.75) is 0 Å². The third-order valence-electron chi connectivity index (χ3n) is 3.92. The fraction of sp³-hybridized carbons (Fsp3) is 0.0952. The molecular weight excluding hydrogens is 374 g/mol. The number of anilines is 1. The van der Waals surface area contributed by atoms with Gasteiger partial charge >= 0.3 is 5.97 Å². The summed E-state index contributed by atoms with van der Waals surface area (Å²) < 4.78 is 10.0. The molecular formula is C21H17N3O3S. The molecule has 0 unspecified atom stereocenters. The van der Waals surface area contributed by atoms with Gasteiger partial charge in [-0.15, -0.1) is 11.3 Å². The molecule has 3 rings (SSSR count). The standard InChI is InChI=1S/C21H17N3O3S/c1-26-16-7-5-6-14(10-16)19-13-28-20(24-19)15(11-22)12-23-18-9-4-3-8-17(18)21(25)27-2/h3-10,12-13,23H,1-2H3. The number of allylic oxidation sites excluding steroid dienone is 1. The predicted octanol–water partition coefficient (Wildman–Crippen LogP) is 4.58. The molecule has 140 valence electrons.